The van der Waals surface area contributed by atoms with Crippen molar-refractivity contribution in [1.82, 2.24) is 16.0 Å². The summed E-state index contributed by atoms with van der Waals surface area (Å²) in [6.07, 6.45) is 2.47. The molecule has 0 radical (unpaired) electrons. The van der Waals surface area contributed by atoms with Gasteiger partial charge in [0.05, 0.1) is 7.11 Å². The topological polar surface area (TPSA) is 71.6 Å². The molecule has 2 rings (SSSR count). The molecular formula is C20H35Cl2N3O3. The van der Waals surface area contributed by atoms with Crippen LogP contribution < -0.4 is 25.4 Å². The molecule has 3 N–H and O–H groups in total. The number of carbonyl (C=O) groups excluding carboxylic acids is 1. The number of methoxy groups -OCH3 is 1. The lowest BCUT2D eigenvalue weighted by Gasteiger charge is -2.23. The molecule has 1 aliphatic rings. The van der Waals surface area contributed by atoms with Crippen molar-refractivity contribution in [2.24, 2.45) is 5.92 Å². The van der Waals surface area contributed by atoms with E-state index in [0.29, 0.717) is 11.5 Å². The Morgan fingerprint density at radius 1 is 1.18 bits per heavy atom. The molecule has 1 aromatic carbocycles. The van der Waals surface area contributed by atoms with E-state index >= 15 is 0 Å². The van der Waals surface area contributed by atoms with Crippen molar-refractivity contribution in [1.29, 1.82) is 0 Å². The van der Waals surface area contributed by atoms with Gasteiger partial charge in [-0.3, -0.25) is 4.79 Å². The van der Waals surface area contributed by atoms with E-state index in [1.807, 2.05) is 39.0 Å². The van der Waals surface area contributed by atoms with E-state index in [9.17, 15) is 4.79 Å². The molecule has 0 spiro atoms. The zero-order valence-electron chi connectivity index (χ0n) is 17.3. The van der Waals surface area contributed by atoms with Gasteiger partial charge in [-0.1, -0.05) is 6.07 Å². The van der Waals surface area contributed by atoms with Gasteiger partial charge in [0.2, 0.25) is 0 Å². The van der Waals surface area contributed by atoms with Gasteiger partial charge in [-0.2, -0.15) is 0 Å². The summed E-state index contributed by atoms with van der Waals surface area (Å²) in [6, 6.07) is 5.84. The Bertz CT molecular complexity index is 589. The standard InChI is InChI=1S/C20H33N3O3.2ClH/c1-20(2,3)23-19(24)14-26-17-6-5-16(11-18(17)25-4)13-22-12-15-7-9-21-10-8-15;;/h5-6,11,15,21-22H,7-10,12-14H2,1-4H3,(H,23,24);2*1H. The molecule has 162 valence electrons. The number of ether oxygens (including phenoxy) is 2. The molecule has 28 heavy (non-hydrogen) atoms. The van der Waals surface area contributed by atoms with E-state index in [-0.39, 0.29) is 42.9 Å². The summed E-state index contributed by atoms with van der Waals surface area (Å²) < 4.78 is 11.0. The third-order valence-electron chi connectivity index (χ3n) is 4.32. The molecule has 0 atom stereocenters. The molecule has 8 heteroatoms. The second-order valence-electron chi connectivity index (χ2n) is 7.90. The molecule has 1 aliphatic heterocycles. The van der Waals surface area contributed by atoms with Crippen molar-refractivity contribution >= 4 is 30.7 Å². The summed E-state index contributed by atoms with van der Waals surface area (Å²) in [7, 11) is 1.61. The summed E-state index contributed by atoms with van der Waals surface area (Å²) in [6.45, 7) is 9.87. The SMILES string of the molecule is COc1cc(CNCC2CCNCC2)ccc1OCC(=O)NC(C)(C)C.Cl.Cl. The second kappa shape index (κ2) is 13.1. The highest BCUT2D eigenvalue weighted by atomic mass is 35.5. The van der Waals surface area contributed by atoms with Crippen LogP contribution in [0.25, 0.3) is 0 Å². The Balaban J connectivity index is 0.00000364. The van der Waals surface area contributed by atoms with Crippen LogP contribution in [0.15, 0.2) is 18.2 Å². The van der Waals surface area contributed by atoms with Gasteiger partial charge in [0.1, 0.15) is 0 Å². The van der Waals surface area contributed by atoms with Gasteiger partial charge < -0.3 is 25.4 Å². The molecule has 0 saturated carbocycles. The molecule has 0 bridgehead atoms. The monoisotopic (exact) mass is 435 g/mol. The molecule has 0 aromatic heterocycles. The Kier molecular flexibility index (Phi) is 12.5. The lowest BCUT2D eigenvalue weighted by molar-refractivity contribution is -0.124. The van der Waals surface area contributed by atoms with E-state index in [1.54, 1.807) is 7.11 Å². The van der Waals surface area contributed by atoms with Crippen LogP contribution in [0, 0.1) is 5.92 Å². The average molecular weight is 436 g/mol. The van der Waals surface area contributed by atoms with E-state index in [2.05, 4.69) is 16.0 Å². The minimum atomic E-state index is -0.269. The van der Waals surface area contributed by atoms with Crippen LogP contribution in [0.5, 0.6) is 11.5 Å². The summed E-state index contributed by atoms with van der Waals surface area (Å²) >= 11 is 0. The summed E-state index contributed by atoms with van der Waals surface area (Å²) in [5, 5.41) is 9.80. The van der Waals surface area contributed by atoms with Crippen LogP contribution in [-0.4, -0.2) is 44.8 Å². The first kappa shape index (κ1) is 26.8. The van der Waals surface area contributed by atoms with Crippen molar-refractivity contribution in [3.05, 3.63) is 23.8 Å². The van der Waals surface area contributed by atoms with Crippen LogP contribution in [0.1, 0.15) is 39.2 Å². The number of carbonyl (C=O) groups is 1. The molecule has 6 nitrogen and oxygen atoms in total. The molecule has 1 saturated heterocycles. The number of hydrogen-bond acceptors (Lipinski definition) is 5. The van der Waals surface area contributed by atoms with Crippen molar-refractivity contribution < 1.29 is 14.3 Å². The maximum absolute atomic E-state index is 11.9. The van der Waals surface area contributed by atoms with Crippen LogP contribution in [0.2, 0.25) is 0 Å². The highest BCUT2D eigenvalue weighted by Crippen LogP contribution is 2.28. The normalized spacial score (nSPS) is 14.4. The first-order chi connectivity index (χ1) is 12.4. The Labute approximate surface area is 181 Å². The quantitative estimate of drug-likeness (QED) is 0.585. The number of nitrogens with one attached hydrogen (secondary N) is 3. The zero-order chi connectivity index (χ0) is 19.0. The molecule has 1 fully saturated rings. The zero-order valence-corrected chi connectivity index (χ0v) is 18.9. The lowest BCUT2D eigenvalue weighted by Crippen LogP contribution is -2.43. The predicted octanol–water partition coefficient (Wildman–Crippen LogP) is 2.92. The van der Waals surface area contributed by atoms with Gasteiger partial charge in [0, 0.05) is 12.1 Å². The highest BCUT2D eigenvalue weighted by molar-refractivity contribution is 5.85. The maximum atomic E-state index is 11.9. The largest absolute Gasteiger partial charge is 0.493 e. The summed E-state index contributed by atoms with van der Waals surface area (Å²) in [4.78, 5) is 11.9. The van der Waals surface area contributed by atoms with Crippen molar-refractivity contribution in [3.8, 4) is 11.5 Å². The highest BCUT2D eigenvalue weighted by Gasteiger charge is 2.15. The number of halogens is 2. The van der Waals surface area contributed by atoms with Crippen molar-refractivity contribution in [2.75, 3.05) is 33.4 Å². The third kappa shape index (κ3) is 9.82. The number of piperidine rings is 1. The van der Waals surface area contributed by atoms with E-state index in [0.717, 1.165) is 37.7 Å². The van der Waals surface area contributed by atoms with Crippen LogP contribution in [-0.2, 0) is 11.3 Å². The third-order valence-corrected chi connectivity index (χ3v) is 4.32. The second-order valence-corrected chi connectivity index (χ2v) is 7.90. The smallest absolute Gasteiger partial charge is 0.258 e. The minimum absolute atomic E-state index is 0. The fourth-order valence-electron chi connectivity index (χ4n) is 3.05. The fourth-order valence-corrected chi connectivity index (χ4v) is 3.05. The van der Waals surface area contributed by atoms with E-state index in [1.165, 1.54) is 12.8 Å². The number of amides is 1. The Morgan fingerprint density at radius 3 is 2.46 bits per heavy atom. The van der Waals surface area contributed by atoms with Crippen molar-refractivity contribution in [3.63, 3.8) is 0 Å². The average Bonchev–Trinajstić information content (AvgIpc) is 2.60. The molecular weight excluding hydrogens is 401 g/mol. The van der Waals surface area contributed by atoms with Crippen LogP contribution in [0.3, 0.4) is 0 Å². The first-order valence-electron chi connectivity index (χ1n) is 9.39. The van der Waals surface area contributed by atoms with E-state index < -0.39 is 0 Å². The fraction of sp³-hybridized carbons (Fsp3) is 0.650. The van der Waals surface area contributed by atoms with Gasteiger partial charge in [0.15, 0.2) is 18.1 Å². The lowest BCUT2D eigenvalue weighted by atomic mass is 9.98. The Hall–Kier alpha value is -1.21. The van der Waals surface area contributed by atoms with Gasteiger partial charge in [-0.25, -0.2) is 0 Å². The van der Waals surface area contributed by atoms with Crippen molar-refractivity contribution in [2.45, 2.75) is 45.7 Å². The molecule has 0 unspecified atom stereocenters. The number of benzene rings is 1. The maximum Gasteiger partial charge on any atom is 0.258 e. The van der Waals surface area contributed by atoms with Gasteiger partial charge in [0.25, 0.3) is 5.91 Å². The van der Waals surface area contributed by atoms with Gasteiger partial charge in [-0.05, 0) is 76.9 Å². The van der Waals surface area contributed by atoms with E-state index in [4.69, 9.17) is 9.47 Å². The molecule has 1 heterocycles. The predicted molar refractivity (Wildman–Crippen MR) is 118 cm³/mol. The van der Waals surface area contributed by atoms with Gasteiger partial charge >= 0.3 is 0 Å². The first-order valence-corrected chi connectivity index (χ1v) is 9.39. The Morgan fingerprint density at radius 2 is 1.86 bits per heavy atom. The summed E-state index contributed by atoms with van der Waals surface area (Å²) in [5.74, 6) is 1.84. The number of hydrogen-bond donors (Lipinski definition) is 3. The summed E-state index contributed by atoms with van der Waals surface area (Å²) in [5.41, 5.74) is 0.872. The minimum Gasteiger partial charge on any atom is -0.493 e. The van der Waals surface area contributed by atoms with Crippen LogP contribution >= 0.6 is 24.8 Å². The molecule has 0 aliphatic carbocycles. The van der Waals surface area contributed by atoms with Gasteiger partial charge in [-0.15, -0.1) is 24.8 Å². The van der Waals surface area contributed by atoms with Crippen LogP contribution in [0.4, 0.5) is 0 Å². The number of rotatable bonds is 8. The molecule has 1 aromatic rings. The molecule has 1 amide bonds.